The standard InChI is InChI=1S/C21H21N3O3S/c1-13-4-7-16(26-2)11-18(13)24-12-15(10-19(24)25)21-22-20(23-27-21)14-5-8-17(28-3)9-6-14/h4-9,11,15H,10,12H2,1-3H3. The van der Waals surface area contributed by atoms with Gasteiger partial charge in [0.25, 0.3) is 0 Å². The summed E-state index contributed by atoms with van der Waals surface area (Å²) in [7, 11) is 1.62. The van der Waals surface area contributed by atoms with Crippen molar-refractivity contribution in [2.75, 3.05) is 24.8 Å². The Morgan fingerprint density at radius 1 is 1.21 bits per heavy atom. The molecule has 1 fully saturated rings. The molecule has 2 aromatic carbocycles. The van der Waals surface area contributed by atoms with Crippen molar-refractivity contribution in [3.63, 3.8) is 0 Å². The second-order valence-electron chi connectivity index (χ2n) is 6.74. The SMILES string of the molecule is COc1ccc(C)c(N2CC(c3nc(-c4ccc(SC)cc4)no3)CC2=O)c1. The lowest BCUT2D eigenvalue weighted by Crippen LogP contribution is -2.25. The number of carbonyl (C=O) groups excluding carboxylic acids is 1. The van der Waals surface area contributed by atoms with E-state index in [1.165, 1.54) is 4.90 Å². The van der Waals surface area contributed by atoms with Crippen LogP contribution in [0.4, 0.5) is 5.69 Å². The fourth-order valence-corrected chi connectivity index (χ4v) is 3.78. The van der Waals surface area contributed by atoms with E-state index >= 15 is 0 Å². The highest BCUT2D eigenvalue weighted by molar-refractivity contribution is 7.98. The minimum absolute atomic E-state index is 0.0467. The van der Waals surface area contributed by atoms with Crippen molar-refractivity contribution in [3.05, 3.63) is 53.9 Å². The third-order valence-electron chi connectivity index (χ3n) is 4.97. The van der Waals surface area contributed by atoms with E-state index in [1.54, 1.807) is 23.8 Å². The minimum atomic E-state index is -0.121. The van der Waals surface area contributed by atoms with Crippen LogP contribution in [0, 0.1) is 6.92 Å². The number of hydrogen-bond donors (Lipinski definition) is 0. The van der Waals surface area contributed by atoms with Crippen LogP contribution in [0.5, 0.6) is 5.75 Å². The summed E-state index contributed by atoms with van der Waals surface area (Å²) in [6, 6.07) is 13.8. The molecule has 0 N–H and O–H groups in total. The van der Waals surface area contributed by atoms with Gasteiger partial charge in [0.15, 0.2) is 0 Å². The molecule has 1 atom stereocenters. The van der Waals surface area contributed by atoms with Gasteiger partial charge in [-0.05, 0) is 49.1 Å². The number of aromatic nitrogens is 2. The number of carbonyl (C=O) groups is 1. The van der Waals surface area contributed by atoms with Crippen LogP contribution in [0.15, 0.2) is 51.9 Å². The molecular weight excluding hydrogens is 374 g/mol. The van der Waals surface area contributed by atoms with Gasteiger partial charge in [-0.15, -0.1) is 11.8 Å². The van der Waals surface area contributed by atoms with Gasteiger partial charge < -0.3 is 14.2 Å². The molecule has 1 amide bonds. The maximum atomic E-state index is 12.7. The van der Waals surface area contributed by atoms with Crippen molar-refractivity contribution in [2.24, 2.45) is 0 Å². The Labute approximate surface area is 167 Å². The highest BCUT2D eigenvalue weighted by Gasteiger charge is 2.36. The van der Waals surface area contributed by atoms with Crippen molar-refractivity contribution in [3.8, 4) is 17.1 Å². The molecule has 0 radical (unpaired) electrons. The summed E-state index contributed by atoms with van der Waals surface area (Å²) in [5.41, 5.74) is 2.78. The number of amides is 1. The Morgan fingerprint density at radius 2 is 2.00 bits per heavy atom. The Morgan fingerprint density at radius 3 is 2.71 bits per heavy atom. The lowest BCUT2D eigenvalue weighted by Gasteiger charge is -2.19. The van der Waals surface area contributed by atoms with Gasteiger partial charge in [0.05, 0.1) is 18.7 Å². The van der Waals surface area contributed by atoms with E-state index in [9.17, 15) is 4.79 Å². The van der Waals surface area contributed by atoms with Gasteiger partial charge in [-0.1, -0.05) is 11.2 Å². The largest absolute Gasteiger partial charge is 0.497 e. The molecule has 6 nitrogen and oxygen atoms in total. The van der Waals surface area contributed by atoms with Crippen LogP contribution in [0.1, 0.15) is 23.8 Å². The van der Waals surface area contributed by atoms with E-state index < -0.39 is 0 Å². The smallest absolute Gasteiger partial charge is 0.232 e. The molecule has 3 aromatic rings. The van der Waals surface area contributed by atoms with E-state index in [4.69, 9.17) is 9.26 Å². The first-order valence-corrected chi connectivity index (χ1v) is 10.2. The monoisotopic (exact) mass is 395 g/mol. The van der Waals surface area contributed by atoms with Crippen molar-refractivity contribution >= 4 is 23.4 Å². The summed E-state index contributed by atoms with van der Waals surface area (Å²) in [5, 5.41) is 4.11. The van der Waals surface area contributed by atoms with E-state index in [-0.39, 0.29) is 11.8 Å². The number of anilines is 1. The van der Waals surface area contributed by atoms with Gasteiger partial charge in [-0.25, -0.2) is 0 Å². The number of methoxy groups -OCH3 is 1. The number of benzene rings is 2. The molecule has 7 heteroatoms. The van der Waals surface area contributed by atoms with E-state index in [2.05, 4.69) is 10.1 Å². The molecule has 0 saturated carbocycles. The predicted octanol–water partition coefficient (Wildman–Crippen LogP) is 4.30. The average molecular weight is 395 g/mol. The Bertz CT molecular complexity index is 1000. The van der Waals surface area contributed by atoms with Crippen LogP contribution in [0.3, 0.4) is 0 Å². The number of aryl methyl sites for hydroxylation is 1. The molecule has 1 aromatic heterocycles. The molecule has 144 valence electrons. The molecule has 1 unspecified atom stereocenters. The Hall–Kier alpha value is -2.80. The maximum absolute atomic E-state index is 12.7. The maximum Gasteiger partial charge on any atom is 0.232 e. The van der Waals surface area contributed by atoms with Gasteiger partial charge in [0.1, 0.15) is 5.75 Å². The highest BCUT2D eigenvalue weighted by Crippen LogP contribution is 2.35. The third kappa shape index (κ3) is 3.49. The lowest BCUT2D eigenvalue weighted by atomic mass is 10.1. The summed E-state index contributed by atoms with van der Waals surface area (Å²) in [5.74, 6) is 1.70. The van der Waals surface area contributed by atoms with Crippen molar-refractivity contribution < 1.29 is 14.1 Å². The predicted molar refractivity (Wildman–Crippen MR) is 109 cm³/mol. The zero-order valence-electron chi connectivity index (χ0n) is 16.0. The molecule has 1 aliphatic heterocycles. The highest BCUT2D eigenvalue weighted by atomic mass is 32.2. The molecule has 1 saturated heterocycles. The zero-order chi connectivity index (χ0) is 19.7. The first kappa shape index (κ1) is 18.6. The molecule has 0 spiro atoms. The molecule has 4 rings (SSSR count). The lowest BCUT2D eigenvalue weighted by molar-refractivity contribution is -0.117. The molecule has 0 aliphatic carbocycles. The Kier molecular flexibility index (Phi) is 5.09. The van der Waals surface area contributed by atoms with Gasteiger partial charge in [0, 0.05) is 29.5 Å². The summed E-state index contributed by atoms with van der Waals surface area (Å²) < 4.78 is 10.8. The molecule has 2 heterocycles. The van der Waals surface area contributed by atoms with Gasteiger partial charge >= 0.3 is 0 Å². The topological polar surface area (TPSA) is 68.5 Å². The molecular formula is C21H21N3O3S. The fraction of sp³-hybridized carbons (Fsp3) is 0.286. The van der Waals surface area contributed by atoms with Gasteiger partial charge in [0.2, 0.25) is 17.6 Å². The second kappa shape index (κ2) is 7.67. The fourth-order valence-electron chi connectivity index (χ4n) is 3.37. The molecule has 28 heavy (non-hydrogen) atoms. The summed E-state index contributed by atoms with van der Waals surface area (Å²) in [4.78, 5) is 20.2. The van der Waals surface area contributed by atoms with Crippen LogP contribution in [0.2, 0.25) is 0 Å². The summed E-state index contributed by atoms with van der Waals surface area (Å²) in [6.07, 6.45) is 2.39. The Balaban J connectivity index is 1.55. The third-order valence-corrected chi connectivity index (χ3v) is 5.71. The minimum Gasteiger partial charge on any atom is -0.497 e. The number of thioether (sulfide) groups is 1. The van der Waals surface area contributed by atoms with Crippen molar-refractivity contribution in [1.29, 1.82) is 0 Å². The number of ether oxygens (including phenoxy) is 1. The summed E-state index contributed by atoms with van der Waals surface area (Å²) >= 11 is 1.68. The van der Waals surface area contributed by atoms with Crippen molar-refractivity contribution in [2.45, 2.75) is 24.2 Å². The van der Waals surface area contributed by atoms with E-state index in [1.807, 2.05) is 55.6 Å². The quantitative estimate of drug-likeness (QED) is 0.600. The van der Waals surface area contributed by atoms with E-state index in [0.717, 1.165) is 22.6 Å². The molecule has 0 bridgehead atoms. The van der Waals surface area contributed by atoms with Gasteiger partial charge in [-0.3, -0.25) is 4.79 Å². The second-order valence-corrected chi connectivity index (χ2v) is 7.62. The van der Waals surface area contributed by atoms with Crippen molar-refractivity contribution in [1.82, 2.24) is 10.1 Å². The van der Waals surface area contributed by atoms with Crippen LogP contribution in [-0.2, 0) is 4.79 Å². The number of rotatable bonds is 5. The van der Waals surface area contributed by atoms with Gasteiger partial charge in [-0.2, -0.15) is 4.98 Å². The van der Waals surface area contributed by atoms with Crippen LogP contribution < -0.4 is 9.64 Å². The van der Waals surface area contributed by atoms with Crippen LogP contribution in [0.25, 0.3) is 11.4 Å². The number of hydrogen-bond acceptors (Lipinski definition) is 6. The molecule has 1 aliphatic rings. The first-order chi connectivity index (χ1) is 13.6. The van der Waals surface area contributed by atoms with E-state index in [0.29, 0.717) is 24.7 Å². The average Bonchev–Trinajstić information content (AvgIpc) is 3.35. The normalized spacial score (nSPS) is 16.6. The number of nitrogens with zero attached hydrogens (tertiary/aromatic N) is 3. The van der Waals surface area contributed by atoms with Crippen LogP contribution >= 0.6 is 11.8 Å². The zero-order valence-corrected chi connectivity index (χ0v) is 16.8. The first-order valence-electron chi connectivity index (χ1n) is 9.02. The van der Waals surface area contributed by atoms with Crippen LogP contribution in [-0.4, -0.2) is 36.0 Å². The summed E-state index contributed by atoms with van der Waals surface area (Å²) in [6.45, 7) is 2.50.